The Hall–Kier alpha value is -4.62. The van der Waals surface area contributed by atoms with Crippen LogP contribution in [-0.4, -0.2) is 27.7 Å². The highest BCUT2D eigenvalue weighted by Gasteiger charge is 2.37. The van der Waals surface area contributed by atoms with Gasteiger partial charge in [-0.1, -0.05) is 33.6 Å². The molecule has 4 rings (SSSR count). The van der Waals surface area contributed by atoms with E-state index < -0.39 is 44.6 Å². The monoisotopic (exact) mass is 600 g/mol. The van der Waals surface area contributed by atoms with Gasteiger partial charge in [-0.2, -0.15) is 0 Å². The van der Waals surface area contributed by atoms with Crippen LogP contribution in [0.3, 0.4) is 0 Å². The minimum atomic E-state index is -0.969. The third-order valence-corrected chi connectivity index (χ3v) is 6.08. The maximum absolute atomic E-state index is 13.3. The summed E-state index contributed by atoms with van der Waals surface area (Å²) in [6.07, 6.45) is 1.16. The van der Waals surface area contributed by atoms with Crippen LogP contribution >= 0.6 is 27.5 Å². The third-order valence-electron chi connectivity index (χ3n) is 5.36. The fourth-order valence-electron chi connectivity index (χ4n) is 3.55. The van der Waals surface area contributed by atoms with E-state index in [1.165, 1.54) is 18.2 Å². The van der Waals surface area contributed by atoms with Crippen LogP contribution in [0.25, 0.3) is 6.08 Å². The summed E-state index contributed by atoms with van der Waals surface area (Å²) in [7, 11) is 0. The standard InChI is InChI=1S/C24H14BrClN4O8/c1-12-2-4-15(26)10-18(12)28-23(32)17(22(31)27-24(28)33)9-13-8-14(25)3-6-20(13)38-21-7-5-16(29(34)35)11-19(21)30(36)37/h2-11H,1H3,(H,27,31,33)/b17-9+. The van der Waals surface area contributed by atoms with Gasteiger partial charge in [-0.25, -0.2) is 9.69 Å². The predicted molar refractivity (Wildman–Crippen MR) is 139 cm³/mol. The first-order valence-corrected chi connectivity index (χ1v) is 11.7. The van der Waals surface area contributed by atoms with E-state index in [1.807, 2.05) is 0 Å². The molecule has 0 aromatic heterocycles. The SMILES string of the molecule is Cc1ccc(Cl)cc1N1C(=O)NC(=O)/C(=C\c2cc(Br)ccc2Oc2ccc([N+](=O)[O-])cc2[N+](=O)[O-])C1=O. The lowest BCUT2D eigenvalue weighted by atomic mass is 10.0. The van der Waals surface area contributed by atoms with Crippen molar-refractivity contribution in [3.63, 3.8) is 0 Å². The molecule has 1 heterocycles. The summed E-state index contributed by atoms with van der Waals surface area (Å²) in [5.41, 5.74) is -0.741. The van der Waals surface area contributed by atoms with Gasteiger partial charge in [0, 0.05) is 21.1 Å². The van der Waals surface area contributed by atoms with E-state index in [1.54, 1.807) is 25.1 Å². The van der Waals surface area contributed by atoms with Crippen molar-refractivity contribution < 1.29 is 29.0 Å². The number of nitrogens with one attached hydrogen (secondary N) is 1. The number of carbonyl (C=O) groups excluding carboxylic acids is 3. The molecule has 14 heteroatoms. The van der Waals surface area contributed by atoms with Gasteiger partial charge in [0.05, 0.1) is 21.6 Å². The fourth-order valence-corrected chi connectivity index (χ4v) is 4.09. The Balaban J connectivity index is 1.79. The van der Waals surface area contributed by atoms with E-state index in [9.17, 15) is 34.6 Å². The van der Waals surface area contributed by atoms with Crippen LogP contribution in [-0.2, 0) is 9.59 Å². The van der Waals surface area contributed by atoms with Gasteiger partial charge in [0.25, 0.3) is 17.5 Å². The molecule has 3 aromatic rings. The Kier molecular flexibility index (Phi) is 7.23. The van der Waals surface area contributed by atoms with Crippen LogP contribution in [0.1, 0.15) is 11.1 Å². The van der Waals surface area contributed by atoms with E-state index >= 15 is 0 Å². The summed E-state index contributed by atoms with van der Waals surface area (Å²) >= 11 is 9.33. The van der Waals surface area contributed by atoms with Crippen LogP contribution in [0, 0.1) is 27.2 Å². The summed E-state index contributed by atoms with van der Waals surface area (Å²) < 4.78 is 6.21. The number of halogens is 2. The van der Waals surface area contributed by atoms with Gasteiger partial charge in [0.1, 0.15) is 11.3 Å². The summed E-state index contributed by atoms with van der Waals surface area (Å²) in [5.74, 6) is -2.23. The highest BCUT2D eigenvalue weighted by atomic mass is 79.9. The van der Waals surface area contributed by atoms with Gasteiger partial charge in [-0.05, 0) is 55.0 Å². The summed E-state index contributed by atoms with van der Waals surface area (Å²) in [6, 6.07) is 10.9. The Labute approximate surface area is 226 Å². The maximum atomic E-state index is 13.3. The van der Waals surface area contributed by atoms with Crippen molar-refractivity contribution in [2.24, 2.45) is 0 Å². The minimum absolute atomic E-state index is 0.0133. The molecule has 0 unspecified atom stereocenters. The molecule has 0 spiro atoms. The summed E-state index contributed by atoms with van der Waals surface area (Å²) in [5, 5.41) is 24.9. The number of urea groups is 1. The van der Waals surface area contributed by atoms with Gasteiger partial charge >= 0.3 is 11.7 Å². The fraction of sp³-hybridized carbons (Fsp3) is 0.0417. The quantitative estimate of drug-likeness (QED) is 0.163. The number of benzene rings is 3. The molecule has 0 bridgehead atoms. The molecule has 12 nitrogen and oxygen atoms in total. The zero-order valence-electron chi connectivity index (χ0n) is 19.1. The van der Waals surface area contributed by atoms with Crippen molar-refractivity contribution in [2.45, 2.75) is 6.92 Å². The first-order valence-electron chi connectivity index (χ1n) is 10.5. The molecule has 0 radical (unpaired) electrons. The number of non-ortho nitro benzene ring substituents is 1. The minimum Gasteiger partial charge on any atom is -0.449 e. The van der Waals surface area contributed by atoms with Gasteiger partial charge in [0.15, 0.2) is 0 Å². The number of nitro groups is 2. The van der Waals surface area contributed by atoms with E-state index in [-0.39, 0.29) is 27.8 Å². The highest BCUT2D eigenvalue weighted by Crippen LogP contribution is 2.37. The predicted octanol–water partition coefficient (Wildman–Crippen LogP) is 5.69. The molecule has 1 fully saturated rings. The second-order valence-corrected chi connectivity index (χ2v) is 9.19. The molecule has 192 valence electrons. The van der Waals surface area contributed by atoms with E-state index in [0.717, 1.165) is 29.2 Å². The van der Waals surface area contributed by atoms with E-state index in [4.69, 9.17) is 16.3 Å². The Morgan fingerprint density at radius 1 is 0.974 bits per heavy atom. The molecular weight excluding hydrogens is 588 g/mol. The van der Waals surface area contributed by atoms with Crippen LogP contribution < -0.4 is 15.0 Å². The van der Waals surface area contributed by atoms with Crippen molar-refractivity contribution in [3.05, 3.63) is 101 Å². The van der Waals surface area contributed by atoms with Gasteiger partial charge in [-0.15, -0.1) is 0 Å². The van der Waals surface area contributed by atoms with Gasteiger partial charge < -0.3 is 4.74 Å². The number of amides is 4. The number of hydrogen-bond donors (Lipinski definition) is 1. The molecule has 3 aromatic carbocycles. The molecule has 38 heavy (non-hydrogen) atoms. The summed E-state index contributed by atoms with van der Waals surface area (Å²) in [4.78, 5) is 60.3. The topological polar surface area (TPSA) is 162 Å². The average Bonchev–Trinajstić information content (AvgIpc) is 2.85. The first-order chi connectivity index (χ1) is 18.0. The number of barbiturate groups is 1. The zero-order valence-corrected chi connectivity index (χ0v) is 21.5. The molecule has 1 aliphatic heterocycles. The van der Waals surface area contributed by atoms with Crippen LogP contribution in [0.5, 0.6) is 11.5 Å². The second kappa shape index (κ2) is 10.4. The van der Waals surface area contributed by atoms with Gasteiger partial charge in [0.2, 0.25) is 5.75 Å². The molecule has 1 N–H and O–H groups in total. The van der Waals surface area contributed by atoms with Crippen molar-refractivity contribution >= 4 is 68.5 Å². The third kappa shape index (κ3) is 5.23. The number of nitro benzene ring substituents is 2. The molecule has 1 aliphatic rings. The lowest BCUT2D eigenvalue weighted by molar-refractivity contribution is -0.394. The summed E-state index contributed by atoms with van der Waals surface area (Å²) in [6.45, 7) is 1.66. The zero-order chi connectivity index (χ0) is 27.7. The Bertz CT molecular complexity index is 1590. The highest BCUT2D eigenvalue weighted by molar-refractivity contribution is 9.10. The smallest absolute Gasteiger partial charge is 0.335 e. The van der Waals surface area contributed by atoms with E-state index in [0.29, 0.717) is 10.0 Å². The van der Waals surface area contributed by atoms with Crippen LogP contribution in [0.15, 0.2) is 64.6 Å². The maximum Gasteiger partial charge on any atom is 0.335 e. The number of nitrogens with zero attached hydrogens (tertiary/aromatic N) is 3. The van der Waals surface area contributed by atoms with Crippen molar-refractivity contribution in [2.75, 3.05) is 4.90 Å². The average molecular weight is 602 g/mol. The van der Waals surface area contributed by atoms with Gasteiger partial charge in [-0.3, -0.25) is 35.1 Å². The van der Waals surface area contributed by atoms with Crippen LogP contribution in [0.2, 0.25) is 5.02 Å². The van der Waals surface area contributed by atoms with Crippen LogP contribution in [0.4, 0.5) is 21.9 Å². The number of carbonyl (C=O) groups is 3. The number of ether oxygens (including phenoxy) is 1. The van der Waals surface area contributed by atoms with Crippen molar-refractivity contribution in [1.29, 1.82) is 0 Å². The molecular formula is C24H14BrClN4O8. The first kappa shape index (κ1) is 26.4. The Morgan fingerprint density at radius 3 is 2.37 bits per heavy atom. The molecule has 1 saturated heterocycles. The number of hydrogen-bond acceptors (Lipinski definition) is 8. The number of anilines is 1. The van der Waals surface area contributed by atoms with Crippen molar-refractivity contribution in [3.8, 4) is 11.5 Å². The van der Waals surface area contributed by atoms with Crippen molar-refractivity contribution in [1.82, 2.24) is 5.32 Å². The normalized spacial score (nSPS) is 14.4. The molecule has 4 amide bonds. The lowest BCUT2D eigenvalue weighted by Gasteiger charge is -2.27. The number of rotatable bonds is 6. The largest absolute Gasteiger partial charge is 0.449 e. The molecule has 0 atom stereocenters. The molecule has 0 saturated carbocycles. The molecule has 0 aliphatic carbocycles. The number of aryl methyl sites for hydroxylation is 1. The number of imide groups is 2. The Morgan fingerprint density at radius 2 is 1.68 bits per heavy atom. The lowest BCUT2D eigenvalue weighted by Crippen LogP contribution is -2.54. The van der Waals surface area contributed by atoms with E-state index in [2.05, 4.69) is 21.2 Å². The second-order valence-electron chi connectivity index (χ2n) is 7.84.